The Labute approximate surface area is 107 Å². The fraction of sp³-hybridized carbons (Fsp3) is 0.538. The molecule has 0 aliphatic heterocycles. The Bertz CT molecular complexity index is 447. The highest BCUT2D eigenvalue weighted by atomic mass is 19.1. The number of nitro benzene ring substituents is 1. The Morgan fingerprint density at radius 3 is 2.56 bits per heavy atom. The lowest BCUT2D eigenvalue weighted by molar-refractivity contribution is -0.387. The van der Waals surface area contributed by atoms with E-state index in [1.54, 1.807) is 6.07 Å². The molecule has 0 bridgehead atoms. The highest BCUT2D eigenvalue weighted by Gasteiger charge is 2.24. The van der Waals surface area contributed by atoms with Gasteiger partial charge in [-0.15, -0.1) is 0 Å². The summed E-state index contributed by atoms with van der Waals surface area (Å²) in [5.41, 5.74) is -0.180. The average molecular weight is 254 g/mol. The van der Waals surface area contributed by atoms with Crippen molar-refractivity contribution < 1.29 is 9.31 Å². The summed E-state index contributed by atoms with van der Waals surface area (Å²) in [7, 11) is 1.89. The van der Waals surface area contributed by atoms with E-state index in [0.717, 1.165) is 6.42 Å². The number of rotatable bonds is 5. The summed E-state index contributed by atoms with van der Waals surface area (Å²) in [6, 6.07) is 4.29. The smallest absolute Gasteiger partial charge is 0.297 e. The molecule has 0 aliphatic carbocycles. The maximum atomic E-state index is 13.9. The molecule has 4 nitrogen and oxygen atoms in total. The minimum atomic E-state index is -0.735. The topological polar surface area (TPSA) is 46.4 Å². The Hall–Kier alpha value is -1.49. The monoisotopic (exact) mass is 254 g/mol. The van der Waals surface area contributed by atoms with Crippen LogP contribution in [0, 0.1) is 15.9 Å². The molecule has 0 saturated heterocycles. The van der Waals surface area contributed by atoms with Gasteiger partial charge in [-0.2, -0.15) is 4.39 Å². The van der Waals surface area contributed by atoms with E-state index in [2.05, 4.69) is 20.8 Å². The molecule has 0 aliphatic rings. The zero-order chi connectivity index (χ0) is 13.9. The van der Waals surface area contributed by atoms with Gasteiger partial charge in [-0.05, 0) is 27.3 Å². The van der Waals surface area contributed by atoms with Crippen molar-refractivity contribution >= 4 is 5.69 Å². The molecule has 0 amide bonds. The molecule has 0 spiro atoms. The number of hydrogen-bond acceptors (Lipinski definition) is 3. The highest BCUT2D eigenvalue weighted by molar-refractivity contribution is 5.36. The van der Waals surface area contributed by atoms with Crippen LogP contribution in [0.3, 0.4) is 0 Å². The van der Waals surface area contributed by atoms with E-state index >= 15 is 0 Å². The third-order valence-corrected chi connectivity index (χ3v) is 3.56. The van der Waals surface area contributed by atoms with Gasteiger partial charge in [0.25, 0.3) is 0 Å². The minimum Gasteiger partial charge on any atom is -0.297 e. The molecule has 0 N–H and O–H groups in total. The number of nitro groups is 1. The van der Waals surface area contributed by atoms with Crippen molar-refractivity contribution in [2.24, 2.45) is 0 Å². The summed E-state index contributed by atoms with van der Waals surface area (Å²) in [6.45, 7) is 6.53. The van der Waals surface area contributed by atoms with Crippen LogP contribution < -0.4 is 0 Å². The molecule has 5 heteroatoms. The summed E-state index contributed by atoms with van der Waals surface area (Å²) in [5.74, 6) is -0.735. The van der Waals surface area contributed by atoms with Gasteiger partial charge in [0.15, 0.2) is 0 Å². The van der Waals surface area contributed by atoms with Gasteiger partial charge in [0, 0.05) is 23.7 Å². The van der Waals surface area contributed by atoms with Crippen molar-refractivity contribution in [3.8, 4) is 0 Å². The Morgan fingerprint density at radius 2 is 2.06 bits per heavy atom. The summed E-state index contributed by atoms with van der Waals surface area (Å²) >= 11 is 0. The van der Waals surface area contributed by atoms with Crippen LogP contribution in [0.1, 0.15) is 32.8 Å². The predicted molar refractivity (Wildman–Crippen MR) is 68.9 cm³/mol. The normalized spacial score (nSPS) is 11.9. The van der Waals surface area contributed by atoms with E-state index in [1.807, 2.05) is 11.9 Å². The zero-order valence-electron chi connectivity index (χ0n) is 11.2. The van der Waals surface area contributed by atoms with E-state index in [4.69, 9.17) is 0 Å². The van der Waals surface area contributed by atoms with Crippen molar-refractivity contribution in [2.45, 2.75) is 39.3 Å². The second-order valence-corrected chi connectivity index (χ2v) is 5.03. The van der Waals surface area contributed by atoms with Gasteiger partial charge in [-0.3, -0.25) is 15.0 Å². The summed E-state index contributed by atoms with van der Waals surface area (Å²) in [6.07, 6.45) is 0.917. The van der Waals surface area contributed by atoms with E-state index in [1.165, 1.54) is 12.1 Å². The van der Waals surface area contributed by atoms with Crippen LogP contribution in [0.15, 0.2) is 18.2 Å². The van der Waals surface area contributed by atoms with Crippen LogP contribution in [-0.4, -0.2) is 22.4 Å². The molecule has 1 aromatic rings. The summed E-state index contributed by atoms with van der Waals surface area (Å²) in [4.78, 5) is 12.0. The van der Waals surface area contributed by atoms with Crippen LogP contribution >= 0.6 is 0 Å². The molecule has 0 atom stereocenters. The maximum absolute atomic E-state index is 13.9. The Morgan fingerprint density at radius 1 is 1.44 bits per heavy atom. The minimum absolute atomic E-state index is 0.0724. The van der Waals surface area contributed by atoms with Crippen LogP contribution in [-0.2, 0) is 6.54 Å². The predicted octanol–water partition coefficient (Wildman–Crippen LogP) is 3.35. The van der Waals surface area contributed by atoms with Crippen LogP contribution in [0.5, 0.6) is 0 Å². The first kappa shape index (κ1) is 14.6. The highest BCUT2D eigenvalue weighted by Crippen LogP contribution is 2.24. The third kappa shape index (κ3) is 3.04. The van der Waals surface area contributed by atoms with Gasteiger partial charge in [-0.1, -0.05) is 19.1 Å². The fourth-order valence-electron chi connectivity index (χ4n) is 1.57. The van der Waals surface area contributed by atoms with Crippen LogP contribution in [0.4, 0.5) is 10.1 Å². The zero-order valence-corrected chi connectivity index (χ0v) is 11.2. The molecule has 0 unspecified atom stereocenters. The third-order valence-electron chi connectivity index (χ3n) is 3.56. The molecule has 0 fully saturated rings. The van der Waals surface area contributed by atoms with Gasteiger partial charge in [0.2, 0.25) is 5.82 Å². The van der Waals surface area contributed by atoms with Crippen LogP contribution in [0.2, 0.25) is 0 Å². The van der Waals surface area contributed by atoms with E-state index in [-0.39, 0.29) is 5.54 Å². The van der Waals surface area contributed by atoms with Gasteiger partial charge in [0.05, 0.1) is 4.92 Å². The molecule has 100 valence electrons. The Kier molecular flexibility index (Phi) is 4.40. The van der Waals surface area contributed by atoms with E-state index < -0.39 is 16.4 Å². The fourth-order valence-corrected chi connectivity index (χ4v) is 1.57. The molecule has 0 aromatic heterocycles. The summed E-state index contributed by atoms with van der Waals surface area (Å²) < 4.78 is 13.9. The van der Waals surface area contributed by atoms with Gasteiger partial charge in [0.1, 0.15) is 0 Å². The van der Waals surface area contributed by atoms with Gasteiger partial charge >= 0.3 is 5.69 Å². The molecule has 1 rings (SSSR count). The first-order chi connectivity index (χ1) is 8.29. The molecule has 0 radical (unpaired) electrons. The van der Waals surface area contributed by atoms with Crippen molar-refractivity contribution in [3.63, 3.8) is 0 Å². The summed E-state index contributed by atoms with van der Waals surface area (Å²) in [5, 5.41) is 10.7. The average Bonchev–Trinajstić information content (AvgIpc) is 2.31. The molecule has 18 heavy (non-hydrogen) atoms. The number of hydrogen-bond donors (Lipinski definition) is 0. The SMILES string of the molecule is CCC(C)(C)N(C)Cc1cccc([N+](=O)[O-])c1F. The maximum Gasteiger partial charge on any atom is 0.305 e. The second kappa shape index (κ2) is 5.44. The molecular formula is C13H19FN2O2. The lowest BCUT2D eigenvalue weighted by atomic mass is 9.99. The first-order valence-corrected chi connectivity index (χ1v) is 5.92. The quantitative estimate of drug-likeness (QED) is 0.598. The van der Waals surface area contributed by atoms with Crippen molar-refractivity contribution in [1.29, 1.82) is 0 Å². The lowest BCUT2D eigenvalue weighted by Crippen LogP contribution is -2.40. The number of benzene rings is 1. The first-order valence-electron chi connectivity index (χ1n) is 5.92. The number of nitrogens with zero attached hydrogens (tertiary/aromatic N) is 2. The lowest BCUT2D eigenvalue weighted by Gasteiger charge is -2.34. The van der Waals surface area contributed by atoms with Gasteiger partial charge < -0.3 is 0 Å². The van der Waals surface area contributed by atoms with Crippen molar-refractivity contribution in [1.82, 2.24) is 4.90 Å². The Balaban J connectivity index is 2.99. The van der Waals surface area contributed by atoms with E-state index in [0.29, 0.717) is 12.1 Å². The van der Waals surface area contributed by atoms with Crippen molar-refractivity contribution in [2.75, 3.05) is 7.05 Å². The molecule has 1 aromatic carbocycles. The standard InChI is InChI=1S/C13H19FN2O2/c1-5-13(2,3)15(4)9-10-7-6-8-11(12(10)14)16(17)18/h6-8H,5,9H2,1-4H3. The molecule has 0 heterocycles. The molecular weight excluding hydrogens is 235 g/mol. The van der Waals surface area contributed by atoms with Crippen molar-refractivity contribution in [3.05, 3.63) is 39.7 Å². The second-order valence-electron chi connectivity index (χ2n) is 5.03. The van der Waals surface area contributed by atoms with E-state index in [9.17, 15) is 14.5 Å². The molecule has 0 saturated carbocycles. The number of halogens is 1. The van der Waals surface area contributed by atoms with Crippen LogP contribution in [0.25, 0.3) is 0 Å². The largest absolute Gasteiger partial charge is 0.305 e. The van der Waals surface area contributed by atoms with Gasteiger partial charge in [-0.25, -0.2) is 0 Å².